The van der Waals surface area contributed by atoms with Gasteiger partial charge in [-0.3, -0.25) is 9.69 Å². The van der Waals surface area contributed by atoms with Gasteiger partial charge in [-0.2, -0.15) is 0 Å². The highest BCUT2D eigenvalue weighted by atomic mass is 16.5. The number of fused-ring (bicyclic) bond motifs is 1. The summed E-state index contributed by atoms with van der Waals surface area (Å²) in [7, 11) is 0. The predicted octanol–water partition coefficient (Wildman–Crippen LogP) is 1.48. The molecule has 5 heterocycles. The number of para-hydroxylation sites is 2. The number of carbonyl (C=O) groups is 1. The summed E-state index contributed by atoms with van der Waals surface area (Å²) in [5.74, 6) is 1.94. The Labute approximate surface area is 211 Å². The third kappa shape index (κ3) is 5.01. The molecule has 3 aromatic rings. The largest absolute Gasteiger partial charge is 0.377 e. The Morgan fingerprint density at radius 3 is 2.25 bits per heavy atom. The molecule has 0 N–H and O–H groups in total. The van der Waals surface area contributed by atoms with Crippen LogP contribution in [-0.4, -0.2) is 107 Å². The molecule has 1 amide bonds. The molecule has 3 aliphatic rings. The molecule has 6 rings (SSSR count). The van der Waals surface area contributed by atoms with E-state index in [1.807, 2.05) is 33.7 Å². The molecule has 1 atom stereocenters. The zero-order chi connectivity index (χ0) is 24.3. The molecule has 36 heavy (non-hydrogen) atoms. The minimum atomic E-state index is 0.123. The van der Waals surface area contributed by atoms with Crippen LogP contribution >= 0.6 is 0 Å². The number of piperazine rings is 2. The van der Waals surface area contributed by atoms with Crippen molar-refractivity contribution in [1.29, 1.82) is 0 Å². The minimum Gasteiger partial charge on any atom is -0.377 e. The topological polar surface area (TPSA) is 82.9 Å². The third-order valence-corrected chi connectivity index (χ3v) is 7.61. The van der Waals surface area contributed by atoms with Gasteiger partial charge in [-0.25, -0.2) is 4.98 Å². The zero-order valence-corrected chi connectivity index (χ0v) is 20.7. The number of aromatic nitrogens is 4. The van der Waals surface area contributed by atoms with Crippen molar-refractivity contribution in [2.45, 2.75) is 25.5 Å². The zero-order valence-electron chi connectivity index (χ0n) is 20.7. The SMILES string of the molecule is O=C(Cn1cnc2ccccc21)N1CCN(c2ccc(N3CCN(CC4CCCO4)CC3)nn2)CC1. The maximum absolute atomic E-state index is 12.9. The van der Waals surface area contributed by atoms with Gasteiger partial charge < -0.3 is 24.0 Å². The molecule has 1 unspecified atom stereocenters. The maximum Gasteiger partial charge on any atom is 0.242 e. The third-order valence-electron chi connectivity index (χ3n) is 7.61. The summed E-state index contributed by atoms with van der Waals surface area (Å²) in [6.45, 7) is 9.16. The summed E-state index contributed by atoms with van der Waals surface area (Å²) in [4.78, 5) is 26.3. The molecular weight excluding hydrogens is 456 g/mol. The second kappa shape index (κ2) is 10.4. The van der Waals surface area contributed by atoms with Crippen LogP contribution in [0.1, 0.15) is 12.8 Å². The van der Waals surface area contributed by atoms with Crippen LogP contribution in [-0.2, 0) is 16.1 Å². The molecule has 2 aromatic heterocycles. The van der Waals surface area contributed by atoms with Crippen molar-refractivity contribution in [3.05, 3.63) is 42.7 Å². The van der Waals surface area contributed by atoms with E-state index in [0.717, 1.165) is 75.1 Å². The van der Waals surface area contributed by atoms with E-state index < -0.39 is 0 Å². The number of ether oxygens (including phenoxy) is 1. The lowest BCUT2D eigenvalue weighted by atomic mass is 10.2. The highest BCUT2D eigenvalue weighted by molar-refractivity contribution is 5.80. The Bertz CT molecular complexity index is 1160. The van der Waals surface area contributed by atoms with Crippen molar-refractivity contribution in [3.63, 3.8) is 0 Å². The molecular formula is C26H34N8O2. The minimum absolute atomic E-state index is 0.123. The van der Waals surface area contributed by atoms with Crippen LogP contribution in [0.15, 0.2) is 42.7 Å². The standard InChI is InChI=1S/C26H34N8O2/c35-26(19-34-20-27-22-5-1-2-6-23(22)34)33-15-13-32(14-16-33)25-8-7-24(28-29-25)31-11-9-30(10-12-31)18-21-4-3-17-36-21/h1-2,5-8,20-21H,3-4,9-19H2. The van der Waals surface area contributed by atoms with Crippen molar-refractivity contribution in [2.75, 3.05) is 75.3 Å². The van der Waals surface area contributed by atoms with Crippen molar-refractivity contribution < 1.29 is 9.53 Å². The van der Waals surface area contributed by atoms with Crippen LogP contribution in [0, 0.1) is 0 Å². The summed E-state index contributed by atoms with van der Waals surface area (Å²) < 4.78 is 7.72. The first-order valence-corrected chi connectivity index (χ1v) is 13.1. The van der Waals surface area contributed by atoms with Crippen LogP contribution in [0.4, 0.5) is 11.6 Å². The van der Waals surface area contributed by atoms with Gasteiger partial charge in [-0.05, 0) is 37.1 Å². The fourth-order valence-corrected chi connectivity index (χ4v) is 5.46. The van der Waals surface area contributed by atoms with Crippen LogP contribution in [0.2, 0.25) is 0 Å². The van der Waals surface area contributed by atoms with Gasteiger partial charge in [0.05, 0.1) is 23.5 Å². The van der Waals surface area contributed by atoms with Crippen molar-refractivity contribution in [1.82, 2.24) is 29.5 Å². The van der Waals surface area contributed by atoms with Gasteiger partial charge in [-0.1, -0.05) is 12.1 Å². The number of rotatable bonds is 6. The van der Waals surface area contributed by atoms with Crippen LogP contribution in [0.3, 0.4) is 0 Å². The van der Waals surface area contributed by atoms with E-state index in [-0.39, 0.29) is 5.91 Å². The van der Waals surface area contributed by atoms with Gasteiger partial charge in [0.25, 0.3) is 0 Å². The Balaban J connectivity index is 0.981. The first kappa shape index (κ1) is 23.2. The lowest BCUT2D eigenvalue weighted by Crippen LogP contribution is -2.50. The van der Waals surface area contributed by atoms with E-state index in [1.165, 1.54) is 12.8 Å². The second-order valence-electron chi connectivity index (χ2n) is 9.90. The number of imidazole rings is 1. The van der Waals surface area contributed by atoms with Crippen LogP contribution < -0.4 is 9.80 Å². The van der Waals surface area contributed by atoms with Crippen molar-refractivity contribution in [2.24, 2.45) is 0 Å². The highest BCUT2D eigenvalue weighted by Gasteiger charge is 2.25. The van der Waals surface area contributed by atoms with Gasteiger partial charge >= 0.3 is 0 Å². The molecule has 0 radical (unpaired) electrons. The number of benzene rings is 1. The van der Waals surface area contributed by atoms with Crippen molar-refractivity contribution in [3.8, 4) is 0 Å². The van der Waals surface area contributed by atoms with E-state index >= 15 is 0 Å². The molecule has 10 nitrogen and oxygen atoms in total. The lowest BCUT2D eigenvalue weighted by Gasteiger charge is -2.37. The van der Waals surface area contributed by atoms with E-state index in [1.54, 1.807) is 6.33 Å². The number of hydrogen-bond acceptors (Lipinski definition) is 8. The molecule has 3 aliphatic heterocycles. The maximum atomic E-state index is 12.9. The quantitative estimate of drug-likeness (QED) is 0.514. The molecule has 1 aromatic carbocycles. The molecule has 190 valence electrons. The fraction of sp³-hybridized carbons (Fsp3) is 0.538. The Kier molecular flexibility index (Phi) is 6.69. The summed E-state index contributed by atoms with van der Waals surface area (Å²) in [6, 6.07) is 12.1. The van der Waals surface area contributed by atoms with E-state index in [0.29, 0.717) is 25.7 Å². The molecule has 3 fully saturated rings. The number of amides is 1. The van der Waals surface area contributed by atoms with Gasteiger partial charge in [0, 0.05) is 65.5 Å². The smallest absolute Gasteiger partial charge is 0.242 e. The molecule has 0 saturated carbocycles. The normalized spacial score (nSPS) is 21.4. The van der Waals surface area contributed by atoms with E-state index in [2.05, 4.69) is 42.0 Å². The van der Waals surface area contributed by atoms with Gasteiger partial charge in [0.15, 0.2) is 11.6 Å². The van der Waals surface area contributed by atoms with E-state index in [9.17, 15) is 4.79 Å². The Hall–Kier alpha value is -3.24. The lowest BCUT2D eigenvalue weighted by molar-refractivity contribution is -0.132. The summed E-state index contributed by atoms with van der Waals surface area (Å²) in [5, 5.41) is 9.07. The number of anilines is 2. The summed E-state index contributed by atoms with van der Waals surface area (Å²) >= 11 is 0. The van der Waals surface area contributed by atoms with E-state index in [4.69, 9.17) is 4.74 Å². The van der Waals surface area contributed by atoms with Gasteiger partial charge in [0.2, 0.25) is 5.91 Å². The molecule has 0 bridgehead atoms. The predicted molar refractivity (Wildman–Crippen MR) is 138 cm³/mol. The highest BCUT2D eigenvalue weighted by Crippen LogP contribution is 2.20. The first-order chi connectivity index (χ1) is 17.7. The summed E-state index contributed by atoms with van der Waals surface area (Å²) in [6.07, 6.45) is 4.55. The van der Waals surface area contributed by atoms with Crippen LogP contribution in [0.25, 0.3) is 11.0 Å². The monoisotopic (exact) mass is 490 g/mol. The second-order valence-corrected chi connectivity index (χ2v) is 9.90. The molecule has 0 spiro atoms. The number of carbonyl (C=O) groups excluding carboxylic acids is 1. The Morgan fingerprint density at radius 1 is 0.889 bits per heavy atom. The summed E-state index contributed by atoms with van der Waals surface area (Å²) in [5.41, 5.74) is 1.90. The fourth-order valence-electron chi connectivity index (χ4n) is 5.46. The Morgan fingerprint density at radius 2 is 1.58 bits per heavy atom. The molecule has 3 saturated heterocycles. The number of nitrogens with zero attached hydrogens (tertiary/aromatic N) is 8. The van der Waals surface area contributed by atoms with Crippen LogP contribution in [0.5, 0.6) is 0 Å². The average molecular weight is 491 g/mol. The van der Waals surface area contributed by atoms with Gasteiger partial charge in [0.1, 0.15) is 6.54 Å². The number of hydrogen-bond donors (Lipinski definition) is 0. The molecule has 10 heteroatoms. The van der Waals surface area contributed by atoms with Crippen molar-refractivity contribution >= 4 is 28.6 Å². The first-order valence-electron chi connectivity index (χ1n) is 13.1. The molecule has 0 aliphatic carbocycles. The average Bonchev–Trinajstić information content (AvgIpc) is 3.60. The van der Waals surface area contributed by atoms with Gasteiger partial charge in [-0.15, -0.1) is 10.2 Å².